The Bertz CT molecular complexity index is 706. The summed E-state index contributed by atoms with van der Waals surface area (Å²) in [5, 5.41) is 5.33. The molecule has 0 aliphatic carbocycles. The first-order chi connectivity index (χ1) is 11.4. The number of ether oxygens (including phenoxy) is 1. The SMILES string of the molecule is CCS(=O)(=O)c1ccc([C@H](CNC(C)=O)NC(=O)OC(C)(C)C)cc1. The number of carbonyl (C=O) groups excluding carboxylic acids is 2. The van der Waals surface area contributed by atoms with E-state index < -0.39 is 27.6 Å². The Morgan fingerprint density at radius 1 is 1.16 bits per heavy atom. The third kappa shape index (κ3) is 7.13. The third-order valence-electron chi connectivity index (χ3n) is 3.27. The molecule has 25 heavy (non-hydrogen) atoms. The van der Waals surface area contributed by atoms with Gasteiger partial charge in [0.2, 0.25) is 5.91 Å². The molecule has 0 saturated carbocycles. The summed E-state index contributed by atoms with van der Waals surface area (Å²) in [6.07, 6.45) is -0.617. The molecular formula is C17H26N2O5S. The number of carbonyl (C=O) groups is 2. The van der Waals surface area contributed by atoms with Gasteiger partial charge >= 0.3 is 6.09 Å². The molecule has 1 aromatic rings. The molecule has 1 aromatic carbocycles. The lowest BCUT2D eigenvalue weighted by Crippen LogP contribution is -2.40. The van der Waals surface area contributed by atoms with Crippen LogP contribution in [0.3, 0.4) is 0 Å². The molecule has 0 spiro atoms. The van der Waals surface area contributed by atoms with E-state index in [2.05, 4.69) is 10.6 Å². The molecule has 0 heterocycles. The lowest BCUT2D eigenvalue weighted by atomic mass is 10.1. The van der Waals surface area contributed by atoms with E-state index in [0.717, 1.165) is 0 Å². The van der Waals surface area contributed by atoms with Gasteiger partial charge in [0.15, 0.2) is 9.84 Å². The molecule has 7 nitrogen and oxygen atoms in total. The van der Waals surface area contributed by atoms with Crippen LogP contribution in [0.15, 0.2) is 29.2 Å². The average molecular weight is 370 g/mol. The molecule has 2 N–H and O–H groups in total. The largest absolute Gasteiger partial charge is 0.444 e. The van der Waals surface area contributed by atoms with Crippen molar-refractivity contribution in [3.8, 4) is 0 Å². The summed E-state index contributed by atoms with van der Waals surface area (Å²) in [4.78, 5) is 23.4. The van der Waals surface area contributed by atoms with Crippen molar-refractivity contribution in [1.29, 1.82) is 0 Å². The fraction of sp³-hybridized carbons (Fsp3) is 0.529. The molecule has 0 unspecified atom stereocenters. The Hall–Kier alpha value is -2.09. The average Bonchev–Trinajstić information content (AvgIpc) is 2.49. The first kappa shape index (κ1) is 21.0. The van der Waals surface area contributed by atoms with E-state index in [1.807, 2.05) is 0 Å². The number of sulfone groups is 1. The van der Waals surface area contributed by atoms with Crippen LogP contribution in [0, 0.1) is 0 Å². The van der Waals surface area contributed by atoms with Gasteiger partial charge in [0, 0.05) is 13.5 Å². The summed E-state index contributed by atoms with van der Waals surface area (Å²) in [5.41, 5.74) is 0.0106. The van der Waals surface area contributed by atoms with Gasteiger partial charge in [0.05, 0.1) is 16.7 Å². The molecule has 140 valence electrons. The number of benzene rings is 1. The predicted octanol–water partition coefficient (Wildman–Crippen LogP) is 2.18. The van der Waals surface area contributed by atoms with Gasteiger partial charge in [-0.25, -0.2) is 13.2 Å². The second kappa shape index (κ2) is 8.33. The summed E-state index contributed by atoms with van der Waals surface area (Å²) in [7, 11) is -3.30. The van der Waals surface area contributed by atoms with Crippen LogP contribution in [0.25, 0.3) is 0 Å². The molecule has 1 rings (SSSR count). The van der Waals surface area contributed by atoms with Crippen LogP contribution in [-0.4, -0.2) is 38.3 Å². The van der Waals surface area contributed by atoms with Gasteiger partial charge in [-0.05, 0) is 38.5 Å². The van der Waals surface area contributed by atoms with E-state index in [1.54, 1.807) is 39.8 Å². The standard InChI is InChI=1S/C17H26N2O5S/c1-6-25(22,23)14-9-7-13(8-10-14)15(11-18-12(2)20)19-16(21)24-17(3,4)5/h7-10,15H,6,11H2,1-5H3,(H,18,20)(H,19,21)/t15-/m0/s1. The van der Waals surface area contributed by atoms with Crippen LogP contribution in [0.2, 0.25) is 0 Å². The fourth-order valence-electron chi connectivity index (χ4n) is 2.02. The lowest BCUT2D eigenvalue weighted by Gasteiger charge is -2.24. The summed E-state index contributed by atoms with van der Waals surface area (Å²) >= 11 is 0. The molecule has 8 heteroatoms. The van der Waals surface area contributed by atoms with Crippen LogP contribution in [0.5, 0.6) is 0 Å². The second-order valence-corrected chi connectivity index (χ2v) is 8.89. The van der Waals surface area contributed by atoms with E-state index in [9.17, 15) is 18.0 Å². The highest BCUT2D eigenvalue weighted by Crippen LogP contribution is 2.18. The van der Waals surface area contributed by atoms with Gasteiger partial charge in [-0.2, -0.15) is 0 Å². The van der Waals surface area contributed by atoms with Crippen LogP contribution in [-0.2, 0) is 19.4 Å². The van der Waals surface area contributed by atoms with Crippen LogP contribution < -0.4 is 10.6 Å². The first-order valence-corrected chi connectivity index (χ1v) is 9.66. The lowest BCUT2D eigenvalue weighted by molar-refractivity contribution is -0.119. The number of amides is 2. The third-order valence-corrected chi connectivity index (χ3v) is 5.02. The van der Waals surface area contributed by atoms with Crippen LogP contribution >= 0.6 is 0 Å². The molecule has 0 saturated heterocycles. The van der Waals surface area contributed by atoms with Gasteiger partial charge in [-0.15, -0.1) is 0 Å². The Morgan fingerprint density at radius 2 is 1.72 bits per heavy atom. The summed E-state index contributed by atoms with van der Waals surface area (Å²) in [5.74, 6) is -0.223. The van der Waals surface area contributed by atoms with E-state index >= 15 is 0 Å². The van der Waals surface area contributed by atoms with Gasteiger partial charge in [0.1, 0.15) is 5.60 Å². The van der Waals surface area contributed by atoms with E-state index in [0.29, 0.717) is 5.56 Å². The monoisotopic (exact) mass is 370 g/mol. The minimum Gasteiger partial charge on any atom is -0.444 e. The number of rotatable bonds is 6. The summed E-state index contributed by atoms with van der Waals surface area (Å²) < 4.78 is 29.0. The molecule has 1 atom stereocenters. The van der Waals surface area contributed by atoms with E-state index in [4.69, 9.17) is 4.74 Å². The first-order valence-electron chi connectivity index (χ1n) is 8.01. The molecule has 0 bridgehead atoms. The van der Waals surface area contributed by atoms with Crippen molar-refractivity contribution in [1.82, 2.24) is 10.6 Å². The normalized spacial score (nSPS) is 13.0. The van der Waals surface area contributed by atoms with Crippen molar-refractivity contribution in [3.05, 3.63) is 29.8 Å². The number of hydrogen-bond donors (Lipinski definition) is 2. The highest BCUT2D eigenvalue weighted by atomic mass is 32.2. The Morgan fingerprint density at radius 3 is 2.16 bits per heavy atom. The van der Waals surface area contributed by atoms with Crippen molar-refractivity contribution in [3.63, 3.8) is 0 Å². The molecule has 0 aliphatic rings. The fourth-order valence-corrected chi connectivity index (χ4v) is 2.91. The zero-order chi connectivity index (χ0) is 19.3. The summed E-state index contributed by atoms with van der Waals surface area (Å²) in [6, 6.07) is 5.67. The van der Waals surface area contributed by atoms with Gasteiger partial charge in [-0.3, -0.25) is 4.79 Å². The predicted molar refractivity (Wildman–Crippen MR) is 95.0 cm³/mol. The molecule has 0 radical (unpaired) electrons. The maximum atomic E-state index is 12.0. The highest BCUT2D eigenvalue weighted by Gasteiger charge is 2.21. The van der Waals surface area contributed by atoms with Gasteiger partial charge < -0.3 is 15.4 Å². The molecular weight excluding hydrogens is 344 g/mol. The second-order valence-electron chi connectivity index (χ2n) is 6.61. The zero-order valence-corrected chi connectivity index (χ0v) is 16.1. The topological polar surface area (TPSA) is 102 Å². The van der Waals surface area contributed by atoms with Gasteiger partial charge in [0.25, 0.3) is 0 Å². The van der Waals surface area contributed by atoms with Crippen molar-refractivity contribution in [2.45, 2.75) is 51.2 Å². The minimum atomic E-state index is -3.30. The van der Waals surface area contributed by atoms with Crippen molar-refractivity contribution in [2.24, 2.45) is 0 Å². The number of nitrogens with one attached hydrogen (secondary N) is 2. The van der Waals surface area contributed by atoms with Crippen molar-refractivity contribution in [2.75, 3.05) is 12.3 Å². The number of alkyl carbamates (subject to hydrolysis) is 1. The maximum absolute atomic E-state index is 12.0. The van der Waals surface area contributed by atoms with E-state index in [-0.39, 0.29) is 23.1 Å². The molecule has 0 aliphatic heterocycles. The Labute approximate surface area is 149 Å². The van der Waals surface area contributed by atoms with Crippen molar-refractivity contribution < 1.29 is 22.7 Å². The van der Waals surface area contributed by atoms with E-state index in [1.165, 1.54) is 19.1 Å². The Balaban J connectivity index is 2.99. The molecule has 2 amide bonds. The maximum Gasteiger partial charge on any atom is 0.408 e. The van der Waals surface area contributed by atoms with Crippen molar-refractivity contribution >= 4 is 21.8 Å². The summed E-state index contributed by atoms with van der Waals surface area (Å²) in [6.45, 7) is 8.36. The van der Waals surface area contributed by atoms with Crippen LogP contribution in [0.1, 0.15) is 46.2 Å². The quantitative estimate of drug-likeness (QED) is 0.799. The minimum absolute atomic E-state index is 0.0117. The molecule has 0 aromatic heterocycles. The Kier molecular flexibility index (Phi) is 6.98. The highest BCUT2D eigenvalue weighted by molar-refractivity contribution is 7.91. The van der Waals surface area contributed by atoms with Crippen LogP contribution in [0.4, 0.5) is 4.79 Å². The zero-order valence-electron chi connectivity index (χ0n) is 15.3. The van der Waals surface area contributed by atoms with Gasteiger partial charge in [-0.1, -0.05) is 19.1 Å². The smallest absolute Gasteiger partial charge is 0.408 e. The number of hydrogen-bond acceptors (Lipinski definition) is 5. The molecule has 0 fully saturated rings.